The third kappa shape index (κ3) is 2.63. The van der Waals surface area contributed by atoms with Gasteiger partial charge in [0.05, 0.1) is 22.1 Å². The molecule has 0 bridgehead atoms. The highest BCUT2D eigenvalue weighted by molar-refractivity contribution is 7.16. The number of para-hydroxylation sites is 1. The second kappa shape index (κ2) is 4.70. The summed E-state index contributed by atoms with van der Waals surface area (Å²) in [6, 6.07) is 8.13. The Kier molecular flexibility index (Phi) is 3.09. The lowest BCUT2D eigenvalue weighted by Gasteiger charge is -1.80. The second-order valence-electron chi connectivity index (χ2n) is 3.05. The third-order valence-electron chi connectivity index (χ3n) is 1.87. The van der Waals surface area contributed by atoms with Gasteiger partial charge in [-0.05, 0) is 12.1 Å². The van der Waals surface area contributed by atoms with Crippen molar-refractivity contribution >= 4 is 21.6 Å². The summed E-state index contributed by atoms with van der Waals surface area (Å²) in [7, 11) is 1.94. The number of aryl methyl sites for hydroxylation is 1. The lowest BCUT2D eigenvalue weighted by Crippen LogP contribution is -1.76. The Bertz CT molecular complexity index is 483. The zero-order valence-electron chi connectivity index (χ0n) is 8.37. The van der Waals surface area contributed by atoms with Crippen LogP contribution >= 0.6 is 11.3 Å². The van der Waals surface area contributed by atoms with Gasteiger partial charge in [0, 0.05) is 19.4 Å². The van der Waals surface area contributed by atoms with Gasteiger partial charge < -0.3 is 4.57 Å². The van der Waals surface area contributed by atoms with Gasteiger partial charge in [0.2, 0.25) is 0 Å². The number of fused-ring (bicyclic) bond motifs is 1. The van der Waals surface area contributed by atoms with Crippen LogP contribution in [0.5, 0.6) is 0 Å². The van der Waals surface area contributed by atoms with E-state index in [-0.39, 0.29) is 0 Å². The summed E-state index contributed by atoms with van der Waals surface area (Å²) in [4.78, 5) is 7.92. The quantitative estimate of drug-likeness (QED) is 0.579. The highest BCUT2D eigenvalue weighted by Crippen LogP contribution is 2.15. The molecule has 15 heavy (non-hydrogen) atoms. The number of rotatable bonds is 0. The zero-order chi connectivity index (χ0) is 10.5. The molecule has 4 heteroatoms. The molecular weight excluding hydrogens is 206 g/mol. The molecule has 0 aliphatic carbocycles. The van der Waals surface area contributed by atoms with Crippen molar-refractivity contribution in [3.05, 3.63) is 48.5 Å². The van der Waals surface area contributed by atoms with Crippen LogP contribution in [-0.2, 0) is 7.05 Å². The van der Waals surface area contributed by atoms with Gasteiger partial charge in [0.25, 0.3) is 0 Å². The topological polar surface area (TPSA) is 30.7 Å². The van der Waals surface area contributed by atoms with Gasteiger partial charge in [0.15, 0.2) is 0 Å². The van der Waals surface area contributed by atoms with Crippen LogP contribution in [-0.4, -0.2) is 14.5 Å². The molecule has 0 amide bonds. The molecule has 76 valence electrons. The Morgan fingerprint density at radius 3 is 2.73 bits per heavy atom. The summed E-state index contributed by atoms with van der Waals surface area (Å²) in [5.74, 6) is 0. The zero-order valence-corrected chi connectivity index (χ0v) is 9.19. The van der Waals surface area contributed by atoms with E-state index < -0.39 is 0 Å². The summed E-state index contributed by atoms with van der Waals surface area (Å²) < 4.78 is 3.15. The first-order valence-corrected chi connectivity index (χ1v) is 5.44. The van der Waals surface area contributed by atoms with Gasteiger partial charge >= 0.3 is 0 Å². The van der Waals surface area contributed by atoms with Gasteiger partial charge in [-0.25, -0.2) is 9.97 Å². The van der Waals surface area contributed by atoms with E-state index in [4.69, 9.17) is 0 Å². The van der Waals surface area contributed by atoms with Crippen molar-refractivity contribution in [2.45, 2.75) is 0 Å². The van der Waals surface area contributed by atoms with E-state index in [0.29, 0.717) is 0 Å². The van der Waals surface area contributed by atoms with Gasteiger partial charge in [-0.3, -0.25) is 0 Å². The Morgan fingerprint density at radius 2 is 2.13 bits per heavy atom. The first-order valence-electron chi connectivity index (χ1n) is 4.56. The van der Waals surface area contributed by atoms with Crippen LogP contribution in [0.2, 0.25) is 0 Å². The van der Waals surface area contributed by atoms with E-state index in [1.807, 2.05) is 41.5 Å². The molecule has 0 saturated heterocycles. The predicted octanol–water partition coefficient (Wildman–Crippen LogP) is 2.72. The average molecular weight is 217 g/mol. The minimum absolute atomic E-state index is 1.10. The number of thiazole rings is 1. The molecule has 2 aromatic heterocycles. The normalized spacial score (nSPS) is 9.67. The monoisotopic (exact) mass is 217 g/mol. The van der Waals surface area contributed by atoms with Gasteiger partial charge in [-0.1, -0.05) is 12.1 Å². The molecule has 0 atom stereocenters. The second-order valence-corrected chi connectivity index (χ2v) is 3.93. The van der Waals surface area contributed by atoms with Crippen molar-refractivity contribution in [2.24, 2.45) is 7.05 Å². The highest BCUT2D eigenvalue weighted by atomic mass is 32.1. The van der Waals surface area contributed by atoms with E-state index in [0.717, 1.165) is 5.52 Å². The molecule has 0 aliphatic rings. The molecule has 3 nitrogen and oxygen atoms in total. The fourth-order valence-corrected chi connectivity index (χ4v) is 1.81. The molecular formula is C11H11N3S. The predicted molar refractivity (Wildman–Crippen MR) is 62.8 cm³/mol. The number of aromatic nitrogens is 3. The van der Waals surface area contributed by atoms with Crippen LogP contribution in [0.3, 0.4) is 0 Å². The molecule has 3 aromatic rings. The van der Waals surface area contributed by atoms with Crippen LogP contribution in [0.25, 0.3) is 10.2 Å². The Balaban J connectivity index is 0.000000124. The molecule has 0 unspecified atom stereocenters. The first kappa shape index (κ1) is 9.86. The van der Waals surface area contributed by atoms with Crippen molar-refractivity contribution in [1.82, 2.24) is 14.5 Å². The van der Waals surface area contributed by atoms with Crippen molar-refractivity contribution < 1.29 is 0 Å². The van der Waals surface area contributed by atoms with E-state index >= 15 is 0 Å². The maximum absolute atomic E-state index is 4.14. The van der Waals surface area contributed by atoms with Crippen molar-refractivity contribution in [1.29, 1.82) is 0 Å². The minimum atomic E-state index is 1.10. The van der Waals surface area contributed by atoms with Crippen LogP contribution in [0.1, 0.15) is 0 Å². The average Bonchev–Trinajstić information content (AvgIpc) is 2.88. The van der Waals surface area contributed by atoms with Crippen LogP contribution in [0.4, 0.5) is 0 Å². The SMILES string of the molecule is Cn1ccnc1.c1ccc2scnc2c1. The number of hydrogen-bond acceptors (Lipinski definition) is 3. The summed E-state index contributed by atoms with van der Waals surface area (Å²) >= 11 is 1.68. The van der Waals surface area contributed by atoms with Crippen molar-refractivity contribution in [2.75, 3.05) is 0 Å². The molecule has 0 fully saturated rings. The highest BCUT2D eigenvalue weighted by Gasteiger charge is 1.89. The van der Waals surface area contributed by atoms with Crippen LogP contribution in [0.15, 0.2) is 48.5 Å². The lowest BCUT2D eigenvalue weighted by molar-refractivity contribution is 0.913. The third-order valence-corrected chi connectivity index (χ3v) is 2.68. The lowest BCUT2D eigenvalue weighted by atomic mass is 10.3. The Hall–Kier alpha value is -1.68. The van der Waals surface area contributed by atoms with Gasteiger partial charge in [-0.2, -0.15) is 0 Å². The Morgan fingerprint density at radius 1 is 1.27 bits per heavy atom. The van der Waals surface area contributed by atoms with E-state index in [1.165, 1.54) is 4.70 Å². The summed E-state index contributed by atoms with van der Waals surface area (Å²) in [6.07, 6.45) is 5.39. The van der Waals surface area contributed by atoms with Crippen LogP contribution < -0.4 is 0 Å². The molecule has 0 aliphatic heterocycles. The molecule has 0 saturated carbocycles. The smallest absolute Gasteiger partial charge is 0.0943 e. The molecule has 0 radical (unpaired) electrons. The van der Waals surface area contributed by atoms with E-state index in [2.05, 4.69) is 16.0 Å². The fraction of sp³-hybridized carbons (Fsp3) is 0.0909. The number of imidazole rings is 1. The standard InChI is InChI=1S/C7H5NS.C4H6N2/c1-2-4-7-6(3-1)8-5-9-7;1-6-3-2-5-4-6/h1-5H;2-4H,1H3. The minimum Gasteiger partial charge on any atom is -0.341 e. The first-order chi connectivity index (χ1) is 7.36. The summed E-state index contributed by atoms with van der Waals surface area (Å²) in [5, 5.41) is 0. The van der Waals surface area contributed by atoms with E-state index in [9.17, 15) is 0 Å². The molecule has 0 N–H and O–H groups in total. The van der Waals surface area contributed by atoms with Gasteiger partial charge in [0.1, 0.15) is 0 Å². The van der Waals surface area contributed by atoms with Crippen molar-refractivity contribution in [3.63, 3.8) is 0 Å². The largest absolute Gasteiger partial charge is 0.341 e. The number of benzene rings is 1. The van der Waals surface area contributed by atoms with Crippen molar-refractivity contribution in [3.8, 4) is 0 Å². The number of hydrogen-bond donors (Lipinski definition) is 0. The van der Waals surface area contributed by atoms with E-state index in [1.54, 1.807) is 23.9 Å². The summed E-state index contributed by atoms with van der Waals surface area (Å²) in [5.41, 5.74) is 2.97. The number of nitrogens with zero attached hydrogens (tertiary/aromatic N) is 3. The maximum atomic E-state index is 4.14. The molecule has 1 aromatic carbocycles. The Labute approximate surface area is 92.0 Å². The molecule has 2 heterocycles. The van der Waals surface area contributed by atoms with Crippen LogP contribution in [0, 0.1) is 0 Å². The summed E-state index contributed by atoms with van der Waals surface area (Å²) in [6.45, 7) is 0. The maximum Gasteiger partial charge on any atom is 0.0943 e. The molecule has 3 rings (SSSR count). The fourth-order valence-electron chi connectivity index (χ4n) is 1.13. The molecule has 0 spiro atoms. The van der Waals surface area contributed by atoms with Gasteiger partial charge in [-0.15, -0.1) is 11.3 Å².